The summed E-state index contributed by atoms with van der Waals surface area (Å²) >= 11 is 1.50. The Kier molecular flexibility index (Phi) is 2.33. The molecule has 0 bridgehead atoms. The molecule has 0 aliphatic rings. The molecule has 0 aliphatic heterocycles. The molecule has 2 aromatic rings. The molecule has 14 heavy (non-hydrogen) atoms. The summed E-state index contributed by atoms with van der Waals surface area (Å²) < 4.78 is 2.06. The van der Waals surface area contributed by atoms with Crippen LogP contribution in [0.4, 0.5) is 5.82 Å². The summed E-state index contributed by atoms with van der Waals surface area (Å²) in [6.07, 6.45) is 3.93. The third-order valence-corrected chi connectivity index (χ3v) is 2.70. The Morgan fingerprint density at radius 3 is 2.93 bits per heavy atom. The molecule has 74 valence electrons. The molecule has 0 spiro atoms. The van der Waals surface area contributed by atoms with Crippen molar-refractivity contribution in [2.24, 2.45) is 0 Å². The van der Waals surface area contributed by atoms with Crippen molar-refractivity contribution in [1.82, 2.24) is 14.5 Å². The highest BCUT2D eigenvalue weighted by Crippen LogP contribution is 2.21. The van der Waals surface area contributed by atoms with Crippen LogP contribution in [0.1, 0.15) is 6.92 Å². The number of hydrogen-bond donors (Lipinski definition) is 1. The van der Waals surface area contributed by atoms with Gasteiger partial charge in [0.15, 0.2) is 5.16 Å². The van der Waals surface area contributed by atoms with Crippen LogP contribution in [-0.4, -0.2) is 20.8 Å². The van der Waals surface area contributed by atoms with E-state index in [1.165, 1.54) is 11.8 Å². The Balaban J connectivity index is 2.73. The summed E-state index contributed by atoms with van der Waals surface area (Å²) in [5.41, 5.74) is 6.74. The number of fused-ring (bicyclic) bond motifs is 1. The largest absolute Gasteiger partial charge is 0.383 e. The maximum absolute atomic E-state index is 5.82. The van der Waals surface area contributed by atoms with E-state index in [0.717, 1.165) is 22.7 Å². The number of nitrogen functional groups attached to an aromatic ring is 1. The number of hydrogen-bond acceptors (Lipinski definition) is 4. The first-order valence-electron chi connectivity index (χ1n) is 4.42. The van der Waals surface area contributed by atoms with Gasteiger partial charge in [0.25, 0.3) is 0 Å². The van der Waals surface area contributed by atoms with Crippen LogP contribution in [0.2, 0.25) is 0 Å². The number of rotatable bonds is 2. The Hall–Kier alpha value is -1.23. The van der Waals surface area contributed by atoms with Gasteiger partial charge in [-0.25, -0.2) is 9.97 Å². The topological polar surface area (TPSA) is 56.7 Å². The van der Waals surface area contributed by atoms with E-state index in [-0.39, 0.29) is 0 Å². The monoisotopic (exact) mass is 208 g/mol. The summed E-state index contributed by atoms with van der Waals surface area (Å²) in [5.74, 6) is 0.562. The van der Waals surface area contributed by atoms with Crippen molar-refractivity contribution in [2.75, 3.05) is 12.0 Å². The van der Waals surface area contributed by atoms with Crippen molar-refractivity contribution in [1.29, 1.82) is 0 Å². The molecule has 0 atom stereocenters. The fraction of sp³-hybridized carbons (Fsp3) is 0.333. The minimum atomic E-state index is 0.562. The van der Waals surface area contributed by atoms with Crippen molar-refractivity contribution in [3.63, 3.8) is 0 Å². The normalized spacial score (nSPS) is 11.0. The molecule has 5 heteroatoms. The van der Waals surface area contributed by atoms with Crippen LogP contribution in [0.3, 0.4) is 0 Å². The summed E-state index contributed by atoms with van der Waals surface area (Å²) in [6.45, 7) is 2.98. The van der Waals surface area contributed by atoms with Gasteiger partial charge in [0.2, 0.25) is 0 Å². The van der Waals surface area contributed by atoms with Gasteiger partial charge in [0.05, 0.1) is 5.39 Å². The van der Waals surface area contributed by atoms with Crippen molar-refractivity contribution in [2.45, 2.75) is 18.6 Å². The molecule has 0 unspecified atom stereocenters. The minimum Gasteiger partial charge on any atom is -0.383 e. The molecule has 0 saturated carbocycles. The summed E-state index contributed by atoms with van der Waals surface area (Å²) in [5, 5.41) is 1.66. The van der Waals surface area contributed by atoms with Crippen LogP contribution in [0.15, 0.2) is 17.4 Å². The van der Waals surface area contributed by atoms with E-state index < -0.39 is 0 Å². The summed E-state index contributed by atoms with van der Waals surface area (Å²) in [7, 11) is 0. The average Bonchev–Trinajstić information content (AvgIpc) is 2.61. The van der Waals surface area contributed by atoms with Crippen LogP contribution in [0, 0.1) is 0 Å². The molecular weight excluding hydrogens is 196 g/mol. The van der Waals surface area contributed by atoms with Gasteiger partial charge in [-0.15, -0.1) is 0 Å². The molecule has 2 aromatic heterocycles. The van der Waals surface area contributed by atoms with E-state index in [1.807, 2.05) is 18.5 Å². The van der Waals surface area contributed by atoms with Gasteiger partial charge < -0.3 is 10.3 Å². The molecule has 0 fully saturated rings. The van der Waals surface area contributed by atoms with E-state index in [2.05, 4.69) is 21.5 Å². The SMILES string of the molecule is CCn1ccc2c(N)nc(SC)nc21. The van der Waals surface area contributed by atoms with Gasteiger partial charge in [-0.1, -0.05) is 11.8 Å². The average molecular weight is 208 g/mol. The van der Waals surface area contributed by atoms with Crippen LogP contribution in [-0.2, 0) is 6.54 Å². The third kappa shape index (κ3) is 1.33. The second-order valence-corrected chi connectivity index (χ2v) is 3.71. The van der Waals surface area contributed by atoms with Crippen LogP contribution >= 0.6 is 11.8 Å². The second kappa shape index (κ2) is 3.49. The molecule has 0 aliphatic carbocycles. The number of nitrogens with two attached hydrogens (primary N) is 1. The summed E-state index contributed by atoms with van der Waals surface area (Å²) in [4.78, 5) is 8.60. The lowest BCUT2D eigenvalue weighted by Crippen LogP contribution is -1.99. The highest BCUT2D eigenvalue weighted by molar-refractivity contribution is 7.98. The van der Waals surface area contributed by atoms with Crippen molar-refractivity contribution >= 4 is 28.6 Å². The Morgan fingerprint density at radius 2 is 2.29 bits per heavy atom. The fourth-order valence-corrected chi connectivity index (χ4v) is 1.78. The second-order valence-electron chi connectivity index (χ2n) is 2.93. The molecule has 0 aromatic carbocycles. The zero-order valence-corrected chi connectivity index (χ0v) is 9.01. The molecular formula is C9H12N4S. The number of thioether (sulfide) groups is 1. The predicted octanol–water partition coefficient (Wildman–Crippen LogP) is 1.76. The molecule has 2 heterocycles. The van der Waals surface area contributed by atoms with E-state index in [1.54, 1.807) is 0 Å². The van der Waals surface area contributed by atoms with Crippen molar-refractivity contribution in [3.05, 3.63) is 12.3 Å². The van der Waals surface area contributed by atoms with Crippen molar-refractivity contribution in [3.8, 4) is 0 Å². The molecule has 0 radical (unpaired) electrons. The fourth-order valence-electron chi connectivity index (χ4n) is 1.41. The molecule has 0 amide bonds. The first kappa shape index (κ1) is 9.33. The van der Waals surface area contributed by atoms with Crippen LogP contribution in [0.25, 0.3) is 11.0 Å². The van der Waals surface area contributed by atoms with Crippen LogP contribution in [0.5, 0.6) is 0 Å². The Labute approximate surface area is 86.5 Å². The van der Waals surface area contributed by atoms with Crippen LogP contribution < -0.4 is 5.73 Å². The van der Waals surface area contributed by atoms with Gasteiger partial charge in [-0.2, -0.15) is 0 Å². The van der Waals surface area contributed by atoms with E-state index >= 15 is 0 Å². The van der Waals surface area contributed by atoms with Crippen molar-refractivity contribution < 1.29 is 0 Å². The minimum absolute atomic E-state index is 0.562. The lowest BCUT2D eigenvalue weighted by Gasteiger charge is -2.02. The molecule has 0 saturated heterocycles. The lowest BCUT2D eigenvalue weighted by atomic mass is 10.4. The van der Waals surface area contributed by atoms with E-state index in [9.17, 15) is 0 Å². The standard InChI is InChI=1S/C9H12N4S/c1-3-13-5-4-6-7(10)11-9(14-2)12-8(6)13/h4-5H,3H2,1-2H3,(H2,10,11,12). The predicted molar refractivity (Wildman–Crippen MR) is 59.4 cm³/mol. The smallest absolute Gasteiger partial charge is 0.191 e. The first-order chi connectivity index (χ1) is 6.76. The first-order valence-corrected chi connectivity index (χ1v) is 5.65. The van der Waals surface area contributed by atoms with Gasteiger partial charge >= 0.3 is 0 Å². The number of nitrogens with zero attached hydrogens (tertiary/aromatic N) is 3. The lowest BCUT2D eigenvalue weighted by molar-refractivity contribution is 0.779. The molecule has 2 rings (SSSR count). The summed E-state index contributed by atoms with van der Waals surface area (Å²) in [6, 6.07) is 1.96. The highest BCUT2D eigenvalue weighted by Gasteiger charge is 2.07. The zero-order valence-electron chi connectivity index (χ0n) is 8.19. The van der Waals surface area contributed by atoms with Gasteiger partial charge in [0.1, 0.15) is 11.5 Å². The highest BCUT2D eigenvalue weighted by atomic mass is 32.2. The van der Waals surface area contributed by atoms with E-state index in [4.69, 9.17) is 5.73 Å². The number of aryl methyl sites for hydroxylation is 1. The Bertz CT molecular complexity index is 463. The maximum Gasteiger partial charge on any atom is 0.191 e. The van der Waals surface area contributed by atoms with E-state index in [0.29, 0.717) is 5.82 Å². The molecule has 2 N–H and O–H groups in total. The van der Waals surface area contributed by atoms with Gasteiger partial charge in [-0.3, -0.25) is 0 Å². The number of aromatic nitrogens is 3. The quantitative estimate of drug-likeness (QED) is 0.603. The molecule has 4 nitrogen and oxygen atoms in total. The zero-order chi connectivity index (χ0) is 10.1. The third-order valence-electron chi connectivity index (χ3n) is 2.15. The van der Waals surface area contributed by atoms with Gasteiger partial charge in [0, 0.05) is 12.7 Å². The Morgan fingerprint density at radius 1 is 1.50 bits per heavy atom. The van der Waals surface area contributed by atoms with Gasteiger partial charge in [-0.05, 0) is 19.2 Å². The number of anilines is 1. The maximum atomic E-state index is 5.82.